The molecule has 1 aliphatic rings. The maximum Gasteiger partial charge on any atom is 0.109 e. The fourth-order valence-corrected chi connectivity index (χ4v) is 4.95. The first kappa shape index (κ1) is 9.79. The molecule has 0 N–H and O–H groups in total. The smallest absolute Gasteiger partial charge is 0.109 e. The van der Waals surface area contributed by atoms with Crippen LogP contribution in [0.15, 0.2) is 23.6 Å². The Morgan fingerprint density at radius 1 is 1.42 bits per heavy atom. The molecule has 0 bridgehead atoms. The molecule has 1 aliphatic heterocycles. The zero-order valence-corrected chi connectivity index (χ0v) is 12.0. The van der Waals surface area contributed by atoms with Gasteiger partial charge < -0.3 is 0 Å². The molecule has 0 amide bonds. The second kappa shape index (κ2) is 3.78. The van der Waals surface area contributed by atoms with Crippen molar-refractivity contribution in [3.63, 3.8) is 0 Å². The van der Waals surface area contributed by atoms with E-state index in [-0.39, 0.29) is 0 Å². The van der Waals surface area contributed by atoms with Crippen molar-refractivity contribution in [1.29, 1.82) is 0 Å². The predicted octanol–water partition coefficient (Wildman–Crippen LogP) is 4.59. The zero-order chi connectivity index (χ0) is 8.60. The summed E-state index contributed by atoms with van der Waals surface area (Å²) in [6.07, 6.45) is 3.42. The van der Waals surface area contributed by atoms with Gasteiger partial charge in [0, 0.05) is 4.88 Å². The van der Waals surface area contributed by atoms with Crippen LogP contribution in [-0.2, 0) is 2.75 Å². The number of hydrogen-bond acceptors (Lipinski definition) is 2. The Labute approximate surface area is 107 Å². The van der Waals surface area contributed by atoms with E-state index in [1.54, 1.807) is 0 Å². The van der Waals surface area contributed by atoms with Crippen LogP contribution in [0.4, 0.5) is 0 Å². The van der Waals surface area contributed by atoms with Gasteiger partial charge >= 0.3 is 0 Å². The largest absolute Gasteiger partial charge is 0.132 e. The Morgan fingerprint density at radius 3 is 2.75 bits per heavy atom. The Kier molecular flexibility index (Phi) is 3.09. The minimum absolute atomic E-state index is 0.297. The molecule has 0 aromatic carbocycles. The lowest BCUT2D eigenvalue weighted by Crippen LogP contribution is -2.04. The van der Waals surface area contributed by atoms with Crippen LogP contribution in [0.2, 0.25) is 0 Å². The van der Waals surface area contributed by atoms with Crippen LogP contribution in [0, 0.1) is 2.88 Å². The number of halogens is 2. The highest BCUT2D eigenvalue weighted by Gasteiger charge is 2.31. The number of hydrogen-bond donors (Lipinski definition) is 0. The predicted molar refractivity (Wildman–Crippen MR) is 74.1 cm³/mol. The molecule has 0 aliphatic carbocycles. The molecule has 1 aromatic rings. The lowest BCUT2D eigenvalue weighted by atomic mass is 10.2. The molecule has 64 valence electrons. The van der Waals surface area contributed by atoms with Crippen molar-refractivity contribution in [3.05, 3.63) is 31.4 Å². The molecule has 1 aromatic heterocycles. The van der Waals surface area contributed by atoms with Crippen LogP contribution < -0.4 is 0 Å². The number of alkyl halides is 1. The summed E-state index contributed by atoms with van der Waals surface area (Å²) < 4.78 is 1.68. The van der Waals surface area contributed by atoms with E-state index >= 15 is 0 Å². The molecule has 0 spiro atoms. The molecule has 0 radical (unpaired) electrons. The molecule has 1 atom stereocenters. The van der Waals surface area contributed by atoms with Crippen molar-refractivity contribution in [1.82, 2.24) is 0 Å². The van der Waals surface area contributed by atoms with Crippen LogP contribution in [-0.4, -0.2) is 0 Å². The topological polar surface area (TPSA) is 0 Å². The second-order valence-corrected chi connectivity index (χ2v) is 9.28. The first-order valence-corrected chi connectivity index (χ1v) is 7.34. The minimum Gasteiger partial charge on any atom is -0.132 e. The van der Waals surface area contributed by atoms with Gasteiger partial charge in [0.2, 0.25) is 0 Å². The molecule has 2 heterocycles. The lowest BCUT2D eigenvalue weighted by Gasteiger charge is -2.17. The van der Waals surface area contributed by atoms with Crippen molar-refractivity contribution >= 4 is 68.3 Å². The standard InChI is InChI=1S/C8H6I2S2/c9-7-3-2-6(12-7)8(10)4-1-5-11-8/h1-3,5H,4H2. The number of thioether (sulfide) groups is 1. The molecular weight excluding hydrogens is 414 g/mol. The highest BCUT2D eigenvalue weighted by Crippen LogP contribution is 2.52. The van der Waals surface area contributed by atoms with E-state index < -0.39 is 0 Å². The molecule has 0 saturated heterocycles. The van der Waals surface area contributed by atoms with Crippen molar-refractivity contribution in [2.24, 2.45) is 0 Å². The Bertz CT molecular complexity index is 309. The van der Waals surface area contributed by atoms with Gasteiger partial charge in [-0.2, -0.15) is 0 Å². The molecule has 12 heavy (non-hydrogen) atoms. The first-order valence-electron chi connectivity index (χ1n) is 3.48. The summed E-state index contributed by atoms with van der Waals surface area (Å²) in [4.78, 5) is 1.49. The van der Waals surface area contributed by atoms with Gasteiger partial charge in [0.15, 0.2) is 0 Å². The molecule has 2 rings (SSSR count). The summed E-state index contributed by atoms with van der Waals surface area (Å²) >= 11 is 8.76. The third-order valence-corrected chi connectivity index (χ3v) is 7.10. The highest BCUT2D eigenvalue weighted by atomic mass is 127. The van der Waals surface area contributed by atoms with Gasteiger partial charge in [-0.05, 0) is 46.6 Å². The van der Waals surface area contributed by atoms with Crippen LogP contribution in [0.3, 0.4) is 0 Å². The zero-order valence-electron chi connectivity index (χ0n) is 6.09. The normalized spacial score (nSPS) is 28.2. The van der Waals surface area contributed by atoms with Gasteiger partial charge in [0.05, 0.1) is 2.88 Å². The molecule has 4 heteroatoms. The number of rotatable bonds is 1. The average molecular weight is 420 g/mol. The summed E-state index contributed by atoms with van der Waals surface area (Å²) in [5.41, 5.74) is 0. The number of allylic oxidation sites excluding steroid dienone is 1. The fourth-order valence-electron chi connectivity index (χ4n) is 1.08. The van der Waals surface area contributed by atoms with Crippen LogP contribution in [0.1, 0.15) is 11.3 Å². The summed E-state index contributed by atoms with van der Waals surface area (Å²) in [5, 5.41) is 2.21. The molecule has 0 saturated carbocycles. The molecule has 0 fully saturated rings. The van der Waals surface area contributed by atoms with E-state index in [0.29, 0.717) is 2.75 Å². The second-order valence-electron chi connectivity index (χ2n) is 2.53. The van der Waals surface area contributed by atoms with E-state index in [4.69, 9.17) is 0 Å². The summed E-state index contributed by atoms with van der Waals surface area (Å²) in [5.74, 6) is 0. The maximum absolute atomic E-state index is 2.55. The first-order chi connectivity index (χ1) is 5.71. The van der Waals surface area contributed by atoms with Crippen molar-refractivity contribution in [2.45, 2.75) is 9.17 Å². The molecule has 0 nitrogen and oxygen atoms in total. The van der Waals surface area contributed by atoms with E-state index in [9.17, 15) is 0 Å². The van der Waals surface area contributed by atoms with Crippen LogP contribution in [0.5, 0.6) is 0 Å². The fraction of sp³-hybridized carbons (Fsp3) is 0.250. The van der Waals surface area contributed by atoms with Crippen molar-refractivity contribution < 1.29 is 0 Å². The Morgan fingerprint density at radius 2 is 2.25 bits per heavy atom. The SMILES string of the molecule is Ic1ccc(C2(I)CC=CS2)s1. The van der Waals surface area contributed by atoms with Gasteiger partial charge in [-0.1, -0.05) is 28.7 Å². The number of thiophene rings is 1. The van der Waals surface area contributed by atoms with Gasteiger partial charge in [-0.15, -0.1) is 23.1 Å². The van der Waals surface area contributed by atoms with E-state index in [1.165, 1.54) is 7.76 Å². The Hall–Kier alpha value is 1.25. The van der Waals surface area contributed by atoms with Gasteiger partial charge in [0.25, 0.3) is 0 Å². The molecular formula is C8H6I2S2. The van der Waals surface area contributed by atoms with E-state index in [1.807, 2.05) is 23.1 Å². The maximum atomic E-state index is 2.55. The third-order valence-electron chi connectivity index (χ3n) is 1.67. The summed E-state index contributed by atoms with van der Waals surface area (Å²) in [7, 11) is 0. The minimum atomic E-state index is 0.297. The van der Waals surface area contributed by atoms with E-state index in [2.05, 4.69) is 68.8 Å². The monoisotopic (exact) mass is 420 g/mol. The summed E-state index contributed by atoms with van der Waals surface area (Å²) in [6, 6.07) is 4.44. The third kappa shape index (κ3) is 1.85. The summed E-state index contributed by atoms with van der Waals surface area (Å²) in [6.45, 7) is 0. The van der Waals surface area contributed by atoms with Crippen LogP contribution >= 0.6 is 68.3 Å². The van der Waals surface area contributed by atoms with Crippen molar-refractivity contribution in [2.75, 3.05) is 0 Å². The average Bonchev–Trinajstić information content (AvgIpc) is 2.59. The van der Waals surface area contributed by atoms with Crippen LogP contribution in [0.25, 0.3) is 0 Å². The van der Waals surface area contributed by atoms with Gasteiger partial charge in [0.1, 0.15) is 2.75 Å². The van der Waals surface area contributed by atoms with Gasteiger partial charge in [-0.25, -0.2) is 0 Å². The van der Waals surface area contributed by atoms with E-state index in [0.717, 1.165) is 6.42 Å². The van der Waals surface area contributed by atoms with Crippen molar-refractivity contribution in [3.8, 4) is 0 Å². The quantitative estimate of drug-likeness (QED) is 0.473. The highest BCUT2D eigenvalue weighted by molar-refractivity contribution is 14.1. The Balaban J connectivity index is 2.30. The van der Waals surface area contributed by atoms with Gasteiger partial charge in [-0.3, -0.25) is 0 Å². The lowest BCUT2D eigenvalue weighted by molar-refractivity contribution is 0.981. The molecule has 1 unspecified atom stereocenters.